The summed E-state index contributed by atoms with van der Waals surface area (Å²) in [5.74, 6) is 1.86. The average molecular weight is 270 g/mol. The van der Waals surface area contributed by atoms with Gasteiger partial charge in [0.15, 0.2) is 0 Å². The van der Waals surface area contributed by atoms with Crippen LogP contribution in [0, 0.1) is 0 Å². The fourth-order valence-corrected chi connectivity index (χ4v) is 2.27. The summed E-state index contributed by atoms with van der Waals surface area (Å²) >= 11 is 0. The van der Waals surface area contributed by atoms with Crippen molar-refractivity contribution in [3.8, 4) is 0 Å². The highest BCUT2D eigenvalue weighted by Crippen LogP contribution is 2.23. The third kappa shape index (κ3) is 2.72. The smallest absolute Gasteiger partial charge is 0.138 e. The monoisotopic (exact) mass is 270 g/mol. The van der Waals surface area contributed by atoms with Crippen molar-refractivity contribution in [2.75, 3.05) is 43.2 Å². The molecular formula is C15H18N4O. The van der Waals surface area contributed by atoms with Crippen molar-refractivity contribution in [3.05, 3.63) is 42.7 Å². The number of anilines is 3. The molecular weight excluding hydrogens is 252 g/mol. The van der Waals surface area contributed by atoms with Gasteiger partial charge in [0, 0.05) is 31.9 Å². The van der Waals surface area contributed by atoms with Gasteiger partial charge in [0.1, 0.15) is 18.0 Å². The lowest BCUT2D eigenvalue weighted by atomic mass is 10.3. The van der Waals surface area contributed by atoms with Crippen molar-refractivity contribution in [1.29, 1.82) is 0 Å². The van der Waals surface area contributed by atoms with Crippen LogP contribution >= 0.6 is 0 Å². The Kier molecular flexibility index (Phi) is 3.78. The average Bonchev–Trinajstić information content (AvgIpc) is 2.56. The van der Waals surface area contributed by atoms with E-state index < -0.39 is 0 Å². The van der Waals surface area contributed by atoms with Gasteiger partial charge in [-0.05, 0) is 12.1 Å². The molecule has 0 bridgehead atoms. The second kappa shape index (κ2) is 5.88. The minimum absolute atomic E-state index is 0.758. The lowest BCUT2D eigenvalue weighted by Gasteiger charge is -2.28. The second-order valence-corrected chi connectivity index (χ2v) is 4.73. The van der Waals surface area contributed by atoms with Crippen LogP contribution in [0.1, 0.15) is 0 Å². The molecule has 0 atom stereocenters. The van der Waals surface area contributed by atoms with Gasteiger partial charge in [-0.1, -0.05) is 18.2 Å². The van der Waals surface area contributed by atoms with E-state index in [-0.39, 0.29) is 0 Å². The molecule has 0 saturated carbocycles. The zero-order chi connectivity index (χ0) is 13.8. The summed E-state index contributed by atoms with van der Waals surface area (Å²) < 4.78 is 5.37. The molecule has 20 heavy (non-hydrogen) atoms. The molecule has 1 aliphatic rings. The minimum Gasteiger partial charge on any atom is -0.378 e. The molecule has 1 fully saturated rings. The molecule has 1 saturated heterocycles. The van der Waals surface area contributed by atoms with Gasteiger partial charge in [0.05, 0.1) is 13.2 Å². The van der Waals surface area contributed by atoms with Gasteiger partial charge in [-0.25, -0.2) is 9.97 Å². The van der Waals surface area contributed by atoms with Crippen molar-refractivity contribution >= 4 is 17.3 Å². The topological polar surface area (TPSA) is 41.5 Å². The zero-order valence-electron chi connectivity index (χ0n) is 11.6. The van der Waals surface area contributed by atoms with Crippen LogP contribution < -0.4 is 9.80 Å². The van der Waals surface area contributed by atoms with E-state index in [1.54, 1.807) is 6.33 Å². The lowest BCUT2D eigenvalue weighted by molar-refractivity contribution is 0.122. The first-order valence-electron chi connectivity index (χ1n) is 6.78. The Balaban J connectivity index is 1.83. The lowest BCUT2D eigenvalue weighted by Crippen LogP contribution is -2.36. The van der Waals surface area contributed by atoms with E-state index in [1.807, 2.05) is 31.3 Å². The number of morpholine rings is 1. The third-order valence-electron chi connectivity index (χ3n) is 3.46. The van der Waals surface area contributed by atoms with E-state index in [2.05, 4.69) is 31.9 Å². The fourth-order valence-electron chi connectivity index (χ4n) is 2.27. The van der Waals surface area contributed by atoms with Crippen LogP contribution in [0.25, 0.3) is 0 Å². The largest absolute Gasteiger partial charge is 0.378 e. The maximum Gasteiger partial charge on any atom is 0.138 e. The van der Waals surface area contributed by atoms with Crippen molar-refractivity contribution in [2.24, 2.45) is 0 Å². The molecule has 0 N–H and O–H groups in total. The molecule has 0 amide bonds. The van der Waals surface area contributed by atoms with Gasteiger partial charge in [0.2, 0.25) is 0 Å². The van der Waals surface area contributed by atoms with Crippen LogP contribution in [0.15, 0.2) is 42.7 Å². The van der Waals surface area contributed by atoms with Crippen LogP contribution in [0.2, 0.25) is 0 Å². The fraction of sp³-hybridized carbons (Fsp3) is 0.333. The molecule has 2 aromatic rings. The van der Waals surface area contributed by atoms with Crippen molar-refractivity contribution in [1.82, 2.24) is 9.97 Å². The molecule has 0 aliphatic carbocycles. The second-order valence-electron chi connectivity index (χ2n) is 4.73. The van der Waals surface area contributed by atoms with Gasteiger partial charge in [-0.15, -0.1) is 0 Å². The van der Waals surface area contributed by atoms with E-state index in [9.17, 15) is 0 Å². The van der Waals surface area contributed by atoms with Gasteiger partial charge >= 0.3 is 0 Å². The van der Waals surface area contributed by atoms with E-state index in [1.165, 1.54) is 0 Å². The van der Waals surface area contributed by atoms with E-state index in [0.29, 0.717) is 0 Å². The quantitative estimate of drug-likeness (QED) is 0.854. The van der Waals surface area contributed by atoms with Gasteiger partial charge in [-0.3, -0.25) is 0 Å². The summed E-state index contributed by atoms with van der Waals surface area (Å²) in [7, 11) is 2.01. The summed E-state index contributed by atoms with van der Waals surface area (Å²) in [6.07, 6.45) is 1.62. The standard InChI is InChI=1S/C15H18N4O/c1-18(13-5-3-2-4-6-13)14-11-15(17-12-16-14)19-7-9-20-10-8-19/h2-6,11-12H,7-10H2,1H3. The van der Waals surface area contributed by atoms with Crippen LogP contribution in [0.3, 0.4) is 0 Å². The number of hydrogen-bond donors (Lipinski definition) is 0. The highest BCUT2D eigenvalue weighted by Gasteiger charge is 2.14. The Hall–Kier alpha value is -2.14. The maximum absolute atomic E-state index is 5.37. The molecule has 0 radical (unpaired) electrons. The molecule has 5 heteroatoms. The molecule has 0 spiro atoms. The van der Waals surface area contributed by atoms with Crippen molar-refractivity contribution < 1.29 is 4.74 Å². The van der Waals surface area contributed by atoms with E-state index in [4.69, 9.17) is 4.74 Å². The summed E-state index contributed by atoms with van der Waals surface area (Å²) in [5.41, 5.74) is 1.11. The number of aromatic nitrogens is 2. The number of ether oxygens (including phenoxy) is 1. The molecule has 0 unspecified atom stereocenters. The number of rotatable bonds is 3. The minimum atomic E-state index is 0.758. The SMILES string of the molecule is CN(c1ccccc1)c1cc(N2CCOCC2)ncn1. The highest BCUT2D eigenvalue weighted by atomic mass is 16.5. The van der Waals surface area contributed by atoms with Gasteiger partial charge < -0.3 is 14.5 Å². The number of nitrogens with zero attached hydrogens (tertiary/aromatic N) is 4. The molecule has 104 valence electrons. The predicted molar refractivity (Wildman–Crippen MR) is 79.6 cm³/mol. The molecule has 1 aliphatic heterocycles. The summed E-state index contributed by atoms with van der Waals surface area (Å²) in [6.45, 7) is 3.28. The van der Waals surface area contributed by atoms with Crippen LogP contribution in [-0.4, -0.2) is 43.3 Å². The first-order valence-corrected chi connectivity index (χ1v) is 6.78. The Bertz CT molecular complexity index is 555. The van der Waals surface area contributed by atoms with Crippen LogP contribution in [-0.2, 0) is 4.74 Å². The maximum atomic E-state index is 5.37. The van der Waals surface area contributed by atoms with E-state index in [0.717, 1.165) is 43.6 Å². The molecule has 1 aromatic heterocycles. The highest BCUT2D eigenvalue weighted by molar-refractivity contribution is 5.61. The van der Waals surface area contributed by atoms with Crippen LogP contribution in [0.4, 0.5) is 17.3 Å². The molecule has 2 heterocycles. The summed E-state index contributed by atoms with van der Waals surface area (Å²) in [5, 5.41) is 0. The third-order valence-corrected chi connectivity index (χ3v) is 3.46. The van der Waals surface area contributed by atoms with Crippen LogP contribution in [0.5, 0.6) is 0 Å². The Morgan fingerprint density at radius 1 is 1.10 bits per heavy atom. The first kappa shape index (κ1) is 12.9. The zero-order valence-corrected chi connectivity index (χ0v) is 11.6. The van der Waals surface area contributed by atoms with Crippen molar-refractivity contribution in [2.45, 2.75) is 0 Å². The Labute approximate surface area is 118 Å². The number of para-hydroxylation sites is 1. The normalized spacial score (nSPS) is 15.2. The molecule has 3 rings (SSSR count). The van der Waals surface area contributed by atoms with Crippen molar-refractivity contribution in [3.63, 3.8) is 0 Å². The molecule has 5 nitrogen and oxygen atoms in total. The van der Waals surface area contributed by atoms with E-state index >= 15 is 0 Å². The summed E-state index contributed by atoms with van der Waals surface area (Å²) in [4.78, 5) is 13.0. The first-order chi connectivity index (χ1) is 9.84. The Morgan fingerprint density at radius 2 is 1.85 bits per heavy atom. The molecule has 1 aromatic carbocycles. The Morgan fingerprint density at radius 3 is 2.60 bits per heavy atom. The number of benzene rings is 1. The van der Waals surface area contributed by atoms with Gasteiger partial charge in [0.25, 0.3) is 0 Å². The summed E-state index contributed by atoms with van der Waals surface area (Å²) in [6, 6.07) is 12.2. The predicted octanol–water partition coefficient (Wildman–Crippen LogP) is 2.08. The number of hydrogen-bond acceptors (Lipinski definition) is 5. The van der Waals surface area contributed by atoms with Gasteiger partial charge in [-0.2, -0.15) is 0 Å².